The van der Waals surface area contributed by atoms with Crippen LogP contribution in [-0.4, -0.2) is 65.3 Å². The van der Waals surface area contributed by atoms with Crippen LogP contribution in [0, 0.1) is 23.4 Å². The van der Waals surface area contributed by atoms with Crippen LogP contribution in [0.1, 0.15) is 29.6 Å². The Balaban J connectivity index is 1.45. The van der Waals surface area contributed by atoms with Crippen LogP contribution >= 0.6 is 0 Å². The lowest BCUT2D eigenvalue weighted by molar-refractivity contribution is -0.0438. The molecule has 2 aromatic heterocycles. The Kier molecular flexibility index (Phi) is 5.58. The van der Waals surface area contributed by atoms with E-state index in [-0.39, 0.29) is 22.1 Å². The molecular formula is C26H24F3N5O4. The van der Waals surface area contributed by atoms with Gasteiger partial charge >= 0.3 is 6.09 Å². The second-order valence-corrected chi connectivity index (χ2v) is 10.2. The van der Waals surface area contributed by atoms with E-state index < -0.39 is 40.6 Å². The number of fused-ring (bicyclic) bond motifs is 1. The van der Waals surface area contributed by atoms with Gasteiger partial charge in [-0.25, -0.2) is 22.9 Å². The fourth-order valence-corrected chi connectivity index (χ4v) is 5.65. The number of carbonyl (C=O) groups excluding carboxylic acids is 2. The summed E-state index contributed by atoms with van der Waals surface area (Å²) in [4.78, 5) is 46.3. The number of pyridine rings is 2. The SMILES string of the molecule is COC(=O)N1CCN(c2ccc3c(=O)c(C(=O)NC45CC(C4)C5)cn(-c4c(F)cc(F)cc4F)c3n2)CC1. The Morgan fingerprint density at radius 3 is 2.29 bits per heavy atom. The van der Waals surface area contributed by atoms with Crippen LogP contribution in [0.2, 0.25) is 0 Å². The maximum absolute atomic E-state index is 14.9. The zero-order chi connectivity index (χ0) is 26.8. The minimum atomic E-state index is -1.21. The van der Waals surface area contributed by atoms with Gasteiger partial charge in [-0.3, -0.25) is 14.2 Å². The molecule has 9 nitrogen and oxygen atoms in total. The van der Waals surface area contributed by atoms with E-state index in [0.717, 1.165) is 30.0 Å². The summed E-state index contributed by atoms with van der Waals surface area (Å²) in [7, 11) is 1.30. The van der Waals surface area contributed by atoms with Crippen LogP contribution < -0.4 is 15.6 Å². The molecule has 0 unspecified atom stereocenters. The van der Waals surface area contributed by atoms with E-state index in [9.17, 15) is 27.6 Å². The van der Waals surface area contributed by atoms with Crippen molar-refractivity contribution >= 4 is 28.9 Å². The summed E-state index contributed by atoms with van der Waals surface area (Å²) in [5.41, 5.74) is -1.98. The van der Waals surface area contributed by atoms with E-state index in [4.69, 9.17) is 4.74 Å². The summed E-state index contributed by atoms with van der Waals surface area (Å²) < 4.78 is 49.3. The zero-order valence-electron chi connectivity index (χ0n) is 20.5. The van der Waals surface area contributed by atoms with Crippen molar-refractivity contribution in [2.45, 2.75) is 24.8 Å². The topological polar surface area (TPSA) is 96.8 Å². The third kappa shape index (κ3) is 3.86. The van der Waals surface area contributed by atoms with Crippen molar-refractivity contribution in [2.75, 3.05) is 38.2 Å². The second kappa shape index (κ2) is 8.74. The number of hydrogen-bond acceptors (Lipinski definition) is 6. The lowest BCUT2D eigenvalue weighted by Crippen LogP contribution is -2.68. The predicted octanol–water partition coefficient (Wildman–Crippen LogP) is 2.97. The number of halogens is 3. The number of benzene rings is 1. The molecule has 4 fully saturated rings. The van der Waals surface area contributed by atoms with Crippen molar-refractivity contribution in [3.63, 3.8) is 0 Å². The molecular weight excluding hydrogens is 503 g/mol. The first-order valence-corrected chi connectivity index (χ1v) is 12.3. The maximum atomic E-state index is 14.9. The fraction of sp³-hybridized carbons (Fsp3) is 0.385. The molecule has 1 aliphatic heterocycles. The van der Waals surface area contributed by atoms with Crippen molar-refractivity contribution in [3.05, 3.63) is 63.7 Å². The van der Waals surface area contributed by atoms with E-state index >= 15 is 0 Å². The Morgan fingerprint density at radius 2 is 1.71 bits per heavy atom. The fourth-order valence-electron chi connectivity index (χ4n) is 5.65. The van der Waals surface area contributed by atoms with Crippen molar-refractivity contribution in [3.8, 4) is 5.69 Å². The highest BCUT2D eigenvalue weighted by Gasteiger charge is 2.57. The lowest BCUT2D eigenvalue weighted by Gasteiger charge is -2.61. The lowest BCUT2D eigenvalue weighted by atomic mass is 9.50. The Morgan fingerprint density at radius 1 is 1.05 bits per heavy atom. The molecule has 7 rings (SSSR count). The van der Waals surface area contributed by atoms with Gasteiger partial charge in [-0.2, -0.15) is 0 Å². The number of methoxy groups -OCH3 is 1. The number of ether oxygens (including phenoxy) is 1. The van der Waals surface area contributed by atoms with E-state index in [0.29, 0.717) is 50.0 Å². The average molecular weight is 528 g/mol. The number of piperazine rings is 1. The van der Waals surface area contributed by atoms with Crippen LogP contribution in [-0.2, 0) is 4.74 Å². The molecule has 1 saturated heterocycles. The zero-order valence-corrected chi connectivity index (χ0v) is 20.5. The van der Waals surface area contributed by atoms with E-state index in [2.05, 4.69) is 10.3 Å². The van der Waals surface area contributed by atoms with Crippen LogP contribution in [0.4, 0.5) is 23.8 Å². The van der Waals surface area contributed by atoms with Crippen LogP contribution in [0.25, 0.3) is 16.7 Å². The number of nitrogens with zero attached hydrogens (tertiary/aromatic N) is 4. The molecule has 3 heterocycles. The van der Waals surface area contributed by atoms with E-state index in [1.807, 2.05) is 4.90 Å². The maximum Gasteiger partial charge on any atom is 0.409 e. The molecule has 1 N–H and O–H groups in total. The highest BCUT2D eigenvalue weighted by atomic mass is 19.1. The van der Waals surface area contributed by atoms with Crippen molar-refractivity contribution in [1.82, 2.24) is 19.8 Å². The van der Waals surface area contributed by atoms with Crippen LogP contribution in [0.15, 0.2) is 35.3 Å². The number of aromatic nitrogens is 2. The summed E-state index contributed by atoms with van der Waals surface area (Å²) in [6.07, 6.45) is 3.15. The van der Waals surface area contributed by atoms with Gasteiger partial charge in [0.1, 0.15) is 22.9 Å². The van der Waals surface area contributed by atoms with Crippen molar-refractivity contribution in [1.29, 1.82) is 0 Å². The van der Waals surface area contributed by atoms with E-state index in [1.54, 1.807) is 6.07 Å². The molecule has 3 aromatic rings. The van der Waals surface area contributed by atoms with Gasteiger partial charge < -0.3 is 19.9 Å². The van der Waals surface area contributed by atoms with Gasteiger partial charge in [-0.15, -0.1) is 0 Å². The number of nitrogens with one attached hydrogen (secondary N) is 1. The molecule has 2 amide bonds. The highest BCUT2D eigenvalue weighted by molar-refractivity contribution is 5.98. The molecule has 0 atom stereocenters. The third-order valence-corrected chi connectivity index (χ3v) is 7.76. The average Bonchev–Trinajstić information content (AvgIpc) is 2.85. The first kappa shape index (κ1) is 24.3. The Bertz CT molecular complexity index is 1510. The summed E-state index contributed by atoms with van der Waals surface area (Å²) in [6.45, 7) is 1.53. The van der Waals surface area contributed by atoms with Gasteiger partial charge in [-0.05, 0) is 37.3 Å². The smallest absolute Gasteiger partial charge is 0.409 e. The minimum absolute atomic E-state index is 0.0182. The van der Waals surface area contributed by atoms with Gasteiger partial charge in [0.15, 0.2) is 17.3 Å². The molecule has 3 aliphatic carbocycles. The summed E-state index contributed by atoms with van der Waals surface area (Å²) in [5.74, 6) is -3.16. The molecule has 2 bridgehead atoms. The van der Waals surface area contributed by atoms with Gasteiger partial charge in [0.2, 0.25) is 5.43 Å². The molecule has 4 aliphatic rings. The summed E-state index contributed by atoms with van der Waals surface area (Å²) >= 11 is 0. The number of hydrogen-bond donors (Lipinski definition) is 1. The molecule has 3 saturated carbocycles. The number of rotatable bonds is 4. The summed E-state index contributed by atoms with van der Waals surface area (Å²) in [5, 5.41) is 2.89. The molecule has 198 valence electrons. The minimum Gasteiger partial charge on any atom is -0.453 e. The largest absolute Gasteiger partial charge is 0.453 e. The number of amides is 2. The number of anilines is 1. The third-order valence-electron chi connectivity index (χ3n) is 7.76. The Hall–Kier alpha value is -4.09. The monoisotopic (exact) mass is 527 g/mol. The normalized spacial score (nSPS) is 22.1. The number of carbonyl (C=O) groups is 2. The molecule has 12 heteroatoms. The second-order valence-electron chi connectivity index (χ2n) is 10.2. The predicted molar refractivity (Wildman–Crippen MR) is 131 cm³/mol. The first-order chi connectivity index (χ1) is 18.2. The van der Waals surface area contributed by atoms with Gasteiger partial charge in [0, 0.05) is 50.0 Å². The van der Waals surface area contributed by atoms with Crippen LogP contribution in [0.3, 0.4) is 0 Å². The van der Waals surface area contributed by atoms with Gasteiger partial charge in [0.05, 0.1) is 12.5 Å². The van der Waals surface area contributed by atoms with Gasteiger partial charge in [0.25, 0.3) is 5.91 Å². The first-order valence-electron chi connectivity index (χ1n) is 12.3. The van der Waals surface area contributed by atoms with Crippen LogP contribution in [0.5, 0.6) is 0 Å². The molecule has 0 radical (unpaired) electrons. The summed E-state index contributed by atoms with van der Waals surface area (Å²) in [6, 6.07) is 4.10. The molecule has 38 heavy (non-hydrogen) atoms. The molecule has 1 aromatic carbocycles. The van der Waals surface area contributed by atoms with Gasteiger partial charge in [-0.1, -0.05) is 0 Å². The standard InChI is InChI=1S/C26H24F3N5O4/c1-38-25(37)33-6-4-32(5-7-33)20-3-2-16-22(35)17(24(36)31-26-10-14(11-26)12-26)13-34(23(16)30-20)21-18(28)8-15(27)9-19(21)29/h2-3,8-9,13-14H,4-7,10-12H2,1H3,(H,31,36). The highest BCUT2D eigenvalue weighted by Crippen LogP contribution is 2.57. The van der Waals surface area contributed by atoms with E-state index in [1.165, 1.54) is 18.1 Å². The molecule has 0 spiro atoms. The quantitative estimate of drug-likeness (QED) is 0.561. The Labute approximate surface area is 214 Å². The van der Waals surface area contributed by atoms with Crippen molar-refractivity contribution in [2.24, 2.45) is 5.92 Å². The van der Waals surface area contributed by atoms with Crippen molar-refractivity contribution < 1.29 is 27.5 Å².